The summed E-state index contributed by atoms with van der Waals surface area (Å²) in [5, 5.41) is 13.1. The molecule has 1 fully saturated rings. The first-order valence-electron chi connectivity index (χ1n) is 12.4. The van der Waals surface area contributed by atoms with Crippen LogP contribution in [0.5, 0.6) is 0 Å². The number of unbranched alkanes of at least 4 members (excludes halogenated alkanes) is 2. The smallest absolute Gasteiger partial charge is 0.348 e. The van der Waals surface area contributed by atoms with Crippen molar-refractivity contribution in [2.24, 2.45) is 0 Å². The number of nitrogens with one attached hydrogen (secondary N) is 1. The van der Waals surface area contributed by atoms with E-state index in [9.17, 15) is 19.5 Å². The zero-order valence-electron chi connectivity index (χ0n) is 21.4. The van der Waals surface area contributed by atoms with Crippen LogP contribution < -0.4 is 10.2 Å². The molecule has 1 aliphatic heterocycles. The highest BCUT2D eigenvalue weighted by atomic mass is 32.1. The van der Waals surface area contributed by atoms with E-state index < -0.39 is 29.5 Å². The first-order valence-corrected chi connectivity index (χ1v) is 13.3. The zero-order valence-corrected chi connectivity index (χ0v) is 22.2. The van der Waals surface area contributed by atoms with E-state index in [-0.39, 0.29) is 19.2 Å². The van der Waals surface area contributed by atoms with Crippen LogP contribution in [0, 0.1) is 0 Å². The molecule has 1 saturated heterocycles. The molecule has 2 heterocycles. The maximum absolute atomic E-state index is 12.6. The molecule has 2 unspecified atom stereocenters. The molecule has 3 amide bonds. The van der Waals surface area contributed by atoms with Gasteiger partial charge in [0, 0.05) is 16.0 Å². The quantitative estimate of drug-likeness (QED) is 0.225. The van der Waals surface area contributed by atoms with E-state index >= 15 is 0 Å². The molecule has 2 atom stereocenters. The van der Waals surface area contributed by atoms with Gasteiger partial charge < -0.3 is 14.6 Å². The third kappa shape index (κ3) is 6.52. The van der Waals surface area contributed by atoms with Gasteiger partial charge in [-0.3, -0.25) is 15.0 Å². The van der Waals surface area contributed by atoms with Crippen LogP contribution >= 0.6 is 11.3 Å². The molecule has 0 spiro atoms. The van der Waals surface area contributed by atoms with Gasteiger partial charge in [-0.15, -0.1) is 11.3 Å². The van der Waals surface area contributed by atoms with Gasteiger partial charge >= 0.3 is 12.0 Å². The number of hydrogen-bond acceptors (Lipinski definition) is 7. The number of hydrogen-bond donors (Lipinski definition) is 2. The Morgan fingerprint density at radius 2 is 1.86 bits per heavy atom. The third-order valence-corrected chi connectivity index (χ3v) is 7.56. The standard InChI is InChI=1S/C27H36N2O6S/c1-5-7-8-9-23(30)27(3,4)18-10-12-19(13-11-18)29-21(24(31)28-26(29)33)17-34-16-20-14-15-22(36-20)25(32)35-6-2/h10-15,21,23,30H,5-9,16-17H2,1-4H3,(H,28,31,33). The minimum absolute atomic E-state index is 0.00754. The fourth-order valence-electron chi connectivity index (χ4n) is 4.19. The highest BCUT2D eigenvalue weighted by Crippen LogP contribution is 2.32. The number of nitrogens with zero attached hydrogens (tertiary/aromatic N) is 1. The third-order valence-electron chi connectivity index (χ3n) is 6.53. The number of rotatable bonds is 13. The average Bonchev–Trinajstić information content (AvgIpc) is 3.43. The predicted octanol–water partition coefficient (Wildman–Crippen LogP) is 4.79. The first-order chi connectivity index (χ1) is 17.2. The zero-order chi connectivity index (χ0) is 26.3. The predicted molar refractivity (Wildman–Crippen MR) is 139 cm³/mol. The van der Waals surface area contributed by atoms with Crippen molar-refractivity contribution in [1.29, 1.82) is 0 Å². The molecular formula is C27H36N2O6S. The summed E-state index contributed by atoms with van der Waals surface area (Å²) in [6, 6.07) is 9.55. The van der Waals surface area contributed by atoms with Crippen molar-refractivity contribution >= 4 is 34.9 Å². The number of thiophene rings is 1. The molecule has 0 aliphatic carbocycles. The van der Waals surface area contributed by atoms with Crippen molar-refractivity contribution in [2.45, 2.75) is 77.5 Å². The van der Waals surface area contributed by atoms with Crippen LogP contribution in [0.2, 0.25) is 0 Å². The van der Waals surface area contributed by atoms with Crippen molar-refractivity contribution < 1.29 is 29.0 Å². The van der Waals surface area contributed by atoms with E-state index in [1.807, 2.05) is 26.0 Å². The minimum Gasteiger partial charge on any atom is -0.462 e. The van der Waals surface area contributed by atoms with E-state index in [0.29, 0.717) is 17.2 Å². The summed E-state index contributed by atoms with van der Waals surface area (Å²) in [7, 11) is 0. The minimum atomic E-state index is -0.805. The van der Waals surface area contributed by atoms with Crippen molar-refractivity contribution in [3.63, 3.8) is 0 Å². The van der Waals surface area contributed by atoms with Gasteiger partial charge in [-0.25, -0.2) is 9.59 Å². The SMILES string of the molecule is CCCCCC(O)C(C)(C)c1ccc(N2C(=O)NC(=O)C2COCc2ccc(C(=O)OCC)s2)cc1. The largest absolute Gasteiger partial charge is 0.462 e. The molecule has 1 aliphatic rings. The van der Waals surface area contributed by atoms with E-state index in [0.717, 1.165) is 36.1 Å². The lowest BCUT2D eigenvalue weighted by molar-refractivity contribution is -0.121. The number of urea groups is 1. The number of benzene rings is 1. The average molecular weight is 517 g/mol. The maximum atomic E-state index is 12.6. The summed E-state index contributed by atoms with van der Waals surface area (Å²) in [4.78, 5) is 39.6. The summed E-state index contributed by atoms with van der Waals surface area (Å²) in [5.41, 5.74) is 1.10. The van der Waals surface area contributed by atoms with Crippen LogP contribution in [0.1, 0.15) is 73.5 Å². The number of esters is 1. The van der Waals surface area contributed by atoms with Gasteiger partial charge in [0.15, 0.2) is 0 Å². The van der Waals surface area contributed by atoms with E-state index in [1.165, 1.54) is 16.2 Å². The molecule has 8 nitrogen and oxygen atoms in total. The highest BCUT2D eigenvalue weighted by Gasteiger charge is 2.40. The van der Waals surface area contributed by atoms with Gasteiger partial charge in [0.25, 0.3) is 5.91 Å². The Balaban J connectivity index is 1.64. The number of ether oxygens (including phenoxy) is 2. The highest BCUT2D eigenvalue weighted by molar-refractivity contribution is 7.13. The number of amides is 3. The maximum Gasteiger partial charge on any atom is 0.348 e. The number of carbonyl (C=O) groups excluding carboxylic acids is 3. The Morgan fingerprint density at radius 1 is 1.14 bits per heavy atom. The lowest BCUT2D eigenvalue weighted by atomic mass is 9.77. The Bertz CT molecular complexity index is 1050. The summed E-state index contributed by atoms with van der Waals surface area (Å²) in [6.45, 7) is 8.44. The van der Waals surface area contributed by atoms with E-state index in [1.54, 1.807) is 31.2 Å². The number of aliphatic hydroxyl groups is 1. The Kier molecular flexibility index (Phi) is 9.64. The molecule has 9 heteroatoms. The second-order valence-electron chi connectivity index (χ2n) is 9.46. The van der Waals surface area contributed by atoms with Gasteiger partial charge in [-0.1, -0.05) is 52.2 Å². The van der Waals surface area contributed by atoms with Crippen LogP contribution in [-0.2, 0) is 26.3 Å². The molecule has 1 aromatic carbocycles. The van der Waals surface area contributed by atoms with Crippen LogP contribution in [0.25, 0.3) is 0 Å². The van der Waals surface area contributed by atoms with E-state index in [4.69, 9.17) is 9.47 Å². The number of imide groups is 1. The molecule has 0 radical (unpaired) electrons. The Labute approximate surface area is 216 Å². The molecule has 0 saturated carbocycles. The number of carbonyl (C=O) groups is 3. The van der Waals surface area contributed by atoms with Crippen molar-refractivity contribution in [3.05, 3.63) is 51.7 Å². The lowest BCUT2D eigenvalue weighted by Crippen LogP contribution is -2.39. The van der Waals surface area contributed by atoms with Gasteiger partial charge in [-0.05, 0) is 43.2 Å². The van der Waals surface area contributed by atoms with Gasteiger partial charge in [0.2, 0.25) is 0 Å². The molecule has 196 valence electrons. The van der Waals surface area contributed by atoms with Crippen molar-refractivity contribution in [3.8, 4) is 0 Å². The second kappa shape index (κ2) is 12.5. The van der Waals surface area contributed by atoms with Crippen LogP contribution in [-0.4, -0.2) is 48.4 Å². The van der Waals surface area contributed by atoms with Gasteiger partial charge in [0.05, 0.1) is 25.9 Å². The Morgan fingerprint density at radius 3 is 2.53 bits per heavy atom. The van der Waals surface area contributed by atoms with E-state index in [2.05, 4.69) is 12.2 Å². The van der Waals surface area contributed by atoms with Crippen LogP contribution in [0.3, 0.4) is 0 Å². The van der Waals surface area contributed by atoms with Crippen LogP contribution in [0.4, 0.5) is 10.5 Å². The molecule has 3 rings (SSSR count). The van der Waals surface area contributed by atoms with Crippen LogP contribution in [0.15, 0.2) is 36.4 Å². The summed E-state index contributed by atoms with van der Waals surface area (Å²) in [6.07, 6.45) is 3.43. The lowest BCUT2D eigenvalue weighted by Gasteiger charge is -2.32. The summed E-state index contributed by atoms with van der Waals surface area (Å²) in [5.74, 6) is -0.796. The summed E-state index contributed by atoms with van der Waals surface area (Å²) >= 11 is 1.27. The molecule has 2 aromatic rings. The first kappa shape index (κ1) is 27.8. The topological polar surface area (TPSA) is 105 Å². The molecular weight excluding hydrogens is 480 g/mol. The fraction of sp³-hybridized carbons (Fsp3) is 0.519. The van der Waals surface area contributed by atoms with Crippen molar-refractivity contribution in [2.75, 3.05) is 18.1 Å². The molecule has 0 bridgehead atoms. The normalized spacial score (nSPS) is 16.8. The second-order valence-corrected chi connectivity index (χ2v) is 10.6. The number of anilines is 1. The fourth-order valence-corrected chi connectivity index (χ4v) is 5.03. The molecule has 2 N–H and O–H groups in total. The summed E-state index contributed by atoms with van der Waals surface area (Å²) < 4.78 is 10.8. The molecule has 36 heavy (non-hydrogen) atoms. The van der Waals surface area contributed by atoms with Gasteiger partial charge in [0.1, 0.15) is 10.9 Å². The monoisotopic (exact) mass is 516 g/mol. The molecule has 1 aromatic heterocycles. The van der Waals surface area contributed by atoms with Crippen molar-refractivity contribution in [1.82, 2.24) is 5.32 Å². The van der Waals surface area contributed by atoms with Gasteiger partial charge in [-0.2, -0.15) is 0 Å². The number of aliphatic hydroxyl groups excluding tert-OH is 1. The Hall–Kier alpha value is -2.75.